The Bertz CT molecular complexity index is 1260. The minimum Gasteiger partial charge on any atom is -0.446 e. The van der Waals surface area contributed by atoms with Crippen molar-refractivity contribution >= 4 is 41.0 Å². The van der Waals surface area contributed by atoms with E-state index in [0.29, 0.717) is 16.3 Å². The molecule has 8 heteroatoms. The van der Waals surface area contributed by atoms with Crippen molar-refractivity contribution in [1.29, 1.82) is 0 Å². The molecule has 0 aromatic heterocycles. The normalized spacial score (nSPS) is 14.4. The number of fused-ring (bicyclic) bond motifs is 1. The average Bonchev–Trinajstić information content (AvgIpc) is 3.09. The number of carbonyl (C=O) groups is 4. The lowest BCUT2D eigenvalue weighted by Crippen LogP contribution is -2.44. The van der Waals surface area contributed by atoms with Gasteiger partial charge in [-0.05, 0) is 43.7 Å². The van der Waals surface area contributed by atoms with Crippen LogP contribution in [0.15, 0.2) is 72.8 Å². The Balaban J connectivity index is 1.56. The van der Waals surface area contributed by atoms with Crippen LogP contribution in [0.1, 0.15) is 44.9 Å². The van der Waals surface area contributed by atoms with E-state index >= 15 is 0 Å². The molecule has 0 unspecified atom stereocenters. The number of imide groups is 1. The van der Waals surface area contributed by atoms with Gasteiger partial charge in [-0.25, -0.2) is 4.79 Å². The van der Waals surface area contributed by atoms with Gasteiger partial charge in [0.15, 0.2) is 0 Å². The molecule has 4 rings (SSSR count). The topological polar surface area (TPSA) is 92.8 Å². The highest BCUT2D eigenvalue weighted by molar-refractivity contribution is 6.31. The van der Waals surface area contributed by atoms with Gasteiger partial charge in [0.2, 0.25) is 6.10 Å². The van der Waals surface area contributed by atoms with Crippen molar-refractivity contribution in [2.75, 3.05) is 5.32 Å². The monoisotopic (exact) mass is 476 g/mol. The summed E-state index contributed by atoms with van der Waals surface area (Å²) in [6.07, 6.45) is -1.31. The third-order valence-electron chi connectivity index (χ3n) is 5.57. The third-order valence-corrected chi connectivity index (χ3v) is 5.97. The number of benzene rings is 3. The second kappa shape index (κ2) is 9.49. The molecular formula is C26H21ClN2O5. The van der Waals surface area contributed by atoms with Gasteiger partial charge in [0.1, 0.15) is 6.04 Å². The number of amides is 3. The SMILES string of the molecule is Cc1ccc(NC(=O)[C@@H](OC(=O)[C@H](C)N2C(=O)c3ccccc3C2=O)c2ccccc2)cc1Cl. The molecule has 3 amide bonds. The Morgan fingerprint density at radius 2 is 1.50 bits per heavy atom. The van der Waals surface area contributed by atoms with Crippen molar-refractivity contribution in [3.63, 3.8) is 0 Å². The molecule has 1 aliphatic heterocycles. The first-order chi connectivity index (χ1) is 16.3. The highest BCUT2D eigenvalue weighted by atomic mass is 35.5. The molecule has 1 N–H and O–H groups in total. The van der Waals surface area contributed by atoms with E-state index in [4.69, 9.17) is 16.3 Å². The summed E-state index contributed by atoms with van der Waals surface area (Å²) in [7, 11) is 0. The smallest absolute Gasteiger partial charge is 0.330 e. The van der Waals surface area contributed by atoms with Gasteiger partial charge in [-0.1, -0.05) is 60.1 Å². The lowest BCUT2D eigenvalue weighted by atomic mass is 10.1. The maximum atomic E-state index is 13.1. The molecule has 1 heterocycles. The van der Waals surface area contributed by atoms with E-state index < -0.39 is 35.8 Å². The minimum atomic E-state index is -1.31. The van der Waals surface area contributed by atoms with Crippen LogP contribution in [-0.4, -0.2) is 34.6 Å². The number of nitrogens with zero attached hydrogens (tertiary/aromatic N) is 1. The van der Waals surface area contributed by atoms with Crippen LogP contribution in [0.4, 0.5) is 5.69 Å². The number of rotatable bonds is 6. The fraction of sp³-hybridized carbons (Fsp3) is 0.154. The van der Waals surface area contributed by atoms with E-state index in [2.05, 4.69) is 5.32 Å². The van der Waals surface area contributed by atoms with Crippen molar-refractivity contribution in [1.82, 2.24) is 4.90 Å². The number of anilines is 1. The van der Waals surface area contributed by atoms with Gasteiger partial charge in [0.25, 0.3) is 17.7 Å². The van der Waals surface area contributed by atoms with E-state index in [1.807, 2.05) is 6.92 Å². The summed E-state index contributed by atoms with van der Waals surface area (Å²) < 4.78 is 5.56. The summed E-state index contributed by atoms with van der Waals surface area (Å²) in [6.45, 7) is 3.23. The molecule has 0 saturated heterocycles. The van der Waals surface area contributed by atoms with Crippen molar-refractivity contribution < 1.29 is 23.9 Å². The van der Waals surface area contributed by atoms with Crippen LogP contribution in [0.3, 0.4) is 0 Å². The van der Waals surface area contributed by atoms with Gasteiger partial charge in [-0.3, -0.25) is 19.3 Å². The molecule has 3 aromatic rings. The van der Waals surface area contributed by atoms with E-state index in [1.54, 1.807) is 60.7 Å². The molecule has 172 valence electrons. The highest BCUT2D eigenvalue weighted by Gasteiger charge is 2.42. The number of halogens is 1. The van der Waals surface area contributed by atoms with E-state index in [1.165, 1.54) is 19.1 Å². The molecule has 7 nitrogen and oxygen atoms in total. The summed E-state index contributed by atoms with van der Waals surface area (Å²) in [4.78, 5) is 52.5. The van der Waals surface area contributed by atoms with Gasteiger partial charge in [0.05, 0.1) is 11.1 Å². The van der Waals surface area contributed by atoms with Crippen molar-refractivity contribution in [3.05, 3.63) is 100 Å². The average molecular weight is 477 g/mol. The standard InChI is InChI=1S/C26H21ClN2O5/c1-15-12-13-18(14-21(15)27)28-23(30)22(17-8-4-3-5-9-17)34-26(33)16(2)29-24(31)19-10-6-7-11-20(19)25(29)32/h3-14,16,22H,1-2H3,(H,28,30)/t16-,22-/m0/s1. The largest absolute Gasteiger partial charge is 0.446 e. The zero-order valence-electron chi connectivity index (χ0n) is 18.4. The highest BCUT2D eigenvalue weighted by Crippen LogP contribution is 2.27. The Labute approximate surface area is 201 Å². The quantitative estimate of drug-likeness (QED) is 0.416. The minimum absolute atomic E-state index is 0.223. The maximum absolute atomic E-state index is 13.1. The number of hydrogen-bond acceptors (Lipinski definition) is 5. The first-order valence-corrected chi connectivity index (χ1v) is 10.9. The Morgan fingerprint density at radius 1 is 0.912 bits per heavy atom. The number of ether oxygens (including phenoxy) is 1. The Morgan fingerprint density at radius 3 is 2.09 bits per heavy atom. The van der Waals surface area contributed by atoms with Crippen LogP contribution in [0.5, 0.6) is 0 Å². The molecule has 1 aliphatic rings. The molecule has 0 bridgehead atoms. The zero-order valence-corrected chi connectivity index (χ0v) is 19.2. The summed E-state index contributed by atoms with van der Waals surface area (Å²) in [5.41, 5.74) is 2.16. The Kier molecular flexibility index (Phi) is 6.47. The molecule has 0 spiro atoms. The van der Waals surface area contributed by atoms with Gasteiger partial charge in [-0.2, -0.15) is 0 Å². The molecule has 3 aromatic carbocycles. The second-order valence-electron chi connectivity index (χ2n) is 7.88. The molecule has 0 aliphatic carbocycles. The van der Waals surface area contributed by atoms with Crippen LogP contribution in [0, 0.1) is 6.92 Å². The van der Waals surface area contributed by atoms with Crippen LogP contribution < -0.4 is 5.32 Å². The number of carbonyl (C=O) groups excluding carboxylic acids is 4. The fourth-order valence-corrected chi connectivity index (χ4v) is 3.84. The lowest BCUT2D eigenvalue weighted by molar-refractivity contribution is -0.158. The van der Waals surface area contributed by atoms with Crippen molar-refractivity contribution in [2.24, 2.45) is 0 Å². The van der Waals surface area contributed by atoms with Crippen LogP contribution >= 0.6 is 11.6 Å². The molecule has 0 fully saturated rings. The van der Waals surface area contributed by atoms with Gasteiger partial charge in [-0.15, -0.1) is 0 Å². The van der Waals surface area contributed by atoms with Gasteiger partial charge < -0.3 is 10.1 Å². The maximum Gasteiger partial charge on any atom is 0.330 e. The van der Waals surface area contributed by atoms with Crippen molar-refractivity contribution in [2.45, 2.75) is 26.0 Å². The molecule has 2 atom stereocenters. The summed E-state index contributed by atoms with van der Waals surface area (Å²) in [5.74, 6) is -2.66. The Hall–Kier alpha value is -3.97. The van der Waals surface area contributed by atoms with E-state index in [0.717, 1.165) is 10.5 Å². The molecule has 34 heavy (non-hydrogen) atoms. The summed E-state index contributed by atoms with van der Waals surface area (Å²) >= 11 is 6.15. The van der Waals surface area contributed by atoms with Crippen LogP contribution in [0.2, 0.25) is 5.02 Å². The first-order valence-electron chi connectivity index (χ1n) is 10.6. The van der Waals surface area contributed by atoms with E-state index in [-0.39, 0.29) is 11.1 Å². The molecule has 0 saturated carbocycles. The zero-order chi connectivity index (χ0) is 24.4. The summed E-state index contributed by atoms with van der Waals surface area (Å²) in [5, 5.41) is 3.18. The number of aryl methyl sites for hydroxylation is 1. The first kappa shape index (κ1) is 23.2. The van der Waals surface area contributed by atoms with Gasteiger partial charge in [0, 0.05) is 16.3 Å². The summed E-state index contributed by atoms with van der Waals surface area (Å²) in [6, 6.07) is 18.6. The predicted octanol–water partition coefficient (Wildman–Crippen LogP) is 4.56. The van der Waals surface area contributed by atoms with Crippen LogP contribution in [-0.2, 0) is 14.3 Å². The third kappa shape index (κ3) is 4.43. The second-order valence-corrected chi connectivity index (χ2v) is 8.29. The fourth-order valence-electron chi connectivity index (χ4n) is 3.66. The predicted molar refractivity (Wildman–Crippen MR) is 126 cm³/mol. The van der Waals surface area contributed by atoms with Gasteiger partial charge >= 0.3 is 5.97 Å². The molecule has 0 radical (unpaired) electrons. The molecular weight excluding hydrogens is 456 g/mol. The number of esters is 1. The number of nitrogens with one attached hydrogen (secondary N) is 1. The lowest BCUT2D eigenvalue weighted by Gasteiger charge is -2.24. The van der Waals surface area contributed by atoms with E-state index in [9.17, 15) is 19.2 Å². The van der Waals surface area contributed by atoms with Crippen molar-refractivity contribution in [3.8, 4) is 0 Å². The van der Waals surface area contributed by atoms with Crippen LogP contribution in [0.25, 0.3) is 0 Å². The number of hydrogen-bond donors (Lipinski definition) is 1.